The highest BCUT2D eigenvalue weighted by molar-refractivity contribution is 5.93. The van der Waals surface area contributed by atoms with Crippen molar-refractivity contribution in [2.45, 2.75) is 26.4 Å². The van der Waals surface area contributed by atoms with Gasteiger partial charge < -0.3 is 15.1 Å². The van der Waals surface area contributed by atoms with E-state index < -0.39 is 6.10 Å². The fourth-order valence-electron chi connectivity index (χ4n) is 2.48. The molecule has 1 N–H and O–H groups in total. The summed E-state index contributed by atoms with van der Waals surface area (Å²) in [5.74, 6) is 0.324. The zero-order chi connectivity index (χ0) is 15.4. The smallest absolute Gasteiger partial charge is 0.266 e. The molecule has 1 fully saturated rings. The Morgan fingerprint density at radius 2 is 2.00 bits per heavy atom. The predicted molar refractivity (Wildman–Crippen MR) is 78.8 cm³/mol. The summed E-state index contributed by atoms with van der Waals surface area (Å²) in [5, 5.41) is 6.61. The van der Waals surface area contributed by atoms with Gasteiger partial charge in [-0.3, -0.25) is 14.5 Å². The van der Waals surface area contributed by atoms with Crippen LogP contribution < -0.4 is 5.32 Å². The Kier molecular flexibility index (Phi) is 5.17. The Labute approximate surface area is 125 Å². The minimum atomic E-state index is -0.465. The van der Waals surface area contributed by atoms with E-state index >= 15 is 0 Å². The van der Waals surface area contributed by atoms with Crippen molar-refractivity contribution in [3.8, 4) is 0 Å². The number of oxime groups is 1. The van der Waals surface area contributed by atoms with Crippen LogP contribution in [0.5, 0.6) is 0 Å². The van der Waals surface area contributed by atoms with Crippen molar-refractivity contribution in [2.24, 2.45) is 11.1 Å². The molecule has 7 nitrogen and oxygen atoms in total. The van der Waals surface area contributed by atoms with Crippen molar-refractivity contribution < 1.29 is 14.4 Å². The van der Waals surface area contributed by atoms with Crippen LogP contribution in [0.3, 0.4) is 0 Å². The van der Waals surface area contributed by atoms with E-state index in [0.29, 0.717) is 45.1 Å². The number of piperazine rings is 1. The van der Waals surface area contributed by atoms with Crippen LogP contribution in [0.25, 0.3) is 0 Å². The Bertz CT molecular complexity index is 428. The molecule has 1 atom stereocenters. The summed E-state index contributed by atoms with van der Waals surface area (Å²) in [7, 11) is 1.63. The maximum Gasteiger partial charge on any atom is 0.266 e. The van der Waals surface area contributed by atoms with Crippen LogP contribution in [-0.2, 0) is 14.4 Å². The van der Waals surface area contributed by atoms with Crippen molar-refractivity contribution in [2.75, 3.05) is 39.8 Å². The van der Waals surface area contributed by atoms with Gasteiger partial charge in [-0.1, -0.05) is 19.0 Å². The van der Waals surface area contributed by atoms with E-state index in [4.69, 9.17) is 4.84 Å². The molecular weight excluding hydrogens is 272 g/mol. The number of hydrogen-bond acceptors (Lipinski definition) is 5. The topological polar surface area (TPSA) is 74.2 Å². The minimum absolute atomic E-state index is 0.00359. The molecule has 2 heterocycles. The number of amides is 2. The molecular formula is C14H24N4O3. The van der Waals surface area contributed by atoms with Crippen LogP contribution >= 0.6 is 0 Å². The third-order valence-corrected chi connectivity index (χ3v) is 3.96. The highest BCUT2D eigenvalue weighted by atomic mass is 16.6. The summed E-state index contributed by atoms with van der Waals surface area (Å²) in [4.78, 5) is 32.8. The number of carbonyl (C=O) groups excluding carboxylic acids is 2. The first-order chi connectivity index (χ1) is 10.0. The summed E-state index contributed by atoms with van der Waals surface area (Å²) in [6.45, 7) is 7.17. The van der Waals surface area contributed by atoms with Gasteiger partial charge in [0.25, 0.3) is 5.91 Å². The maximum atomic E-state index is 12.4. The molecule has 1 saturated heterocycles. The number of hydrogen-bond donors (Lipinski definition) is 1. The number of nitrogens with zero attached hydrogens (tertiary/aromatic N) is 3. The van der Waals surface area contributed by atoms with Gasteiger partial charge in [0, 0.05) is 39.6 Å². The van der Waals surface area contributed by atoms with E-state index in [2.05, 4.69) is 10.5 Å². The van der Waals surface area contributed by atoms with E-state index in [-0.39, 0.29) is 11.8 Å². The molecule has 0 spiro atoms. The molecule has 118 valence electrons. The molecule has 0 aromatic heterocycles. The minimum Gasteiger partial charge on any atom is -0.382 e. The lowest BCUT2D eigenvalue weighted by atomic mass is 10.0. The van der Waals surface area contributed by atoms with Crippen LogP contribution in [0, 0.1) is 5.92 Å². The molecule has 2 aliphatic rings. The molecule has 0 unspecified atom stereocenters. The lowest BCUT2D eigenvalue weighted by Crippen LogP contribution is -2.53. The first kappa shape index (κ1) is 15.8. The second-order valence-electron chi connectivity index (χ2n) is 5.81. The molecule has 0 aromatic carbocycles. The molecule has 7 heteroatoms. The Morgan fingerprint density at radius 1 is 1.33 bits per heavy atom. The molecule has 0 saturated carbocycles. The number of carbonyl (C=O) groups is 2. The fraction of sp³-hybridized carbons (Fsp3) is 0.786. The Balaban J connectivity index is 1.78. The highest BCUT2D eigenvalue weighted by Crippen LogP contribution is 2.18. The monoisotopic (exact) mass is 296 g/mol. The average molecular weight is 296 g/mol. The van der Waals surface area contributed by atoms with Crippen molar-refractivity contribution in [3.05, 3.63) is 0 Å². The van der Waals surface area contributed by atoms with Gasteiger partial charge in [-0.25, -0.2) is 0 Å². The largest absolute Gasteiger partial charge is 0.382 e. The van der Waals surface area contributed by atoms with E-state index in [9.17, 15) is 9.59 Å². The molecule has 2 amide bonds. The van der Waals surface area contributed by atoms with Crippen LogP contribution in [-0.4, -0.2) is 73.2 Å². The van der Waals surface area contributed by atoms with Gasteiger partial charge in [-0.2, -0.15) is 0 Å². The highest BCUT2D eigenvalue weighted by Gasteiger charge is 2.34. The van der Waals surface area contributed by atoms with Gasteiger partial charge in [0.05, 0.1) is 12.3 Å². The number of nitrogens with one attached hydrogen (secondary N) is 1. The van der Waals surface area contributed by atoms with Crippen molar-refractivity contribution in [3.63, 3.8) is 0 Å². The van der Waals surface area contributed by atoms with Crippen LogP contribution in [0.1, 0.15) is 20.3 Å². The van der Waals surface area contributed by atoms with Gasteiger partial charge in [-0.05, 0) is 5.92 Å². The zero-order valence-electron chi connectivity index (χ0n) is 13.0. The third-order valence-electron chi connectivity index (χ3n) is 3.96. The standard InChI is InChI=1S/C14H24N4O3/c1-10(2)11-8-12(21-16-11)14(20)18-6-4-17(5-7-18)9-13(19)15-3/h10,12H,4-9H2,1-3H3,(H,15,19)/t12-/m0/s1. The fourth-order valence-corrected chi connectivity index (χ4v) is 2.48. The molecule has 0 aromatic rings. The summed E-state index contributed by atoms with van der Waals surface area (Å²) < 4.78 is 0. The number of rotatable bonds is 4. The van der Waals surface area contributed by atoms with Gasteiger partial charge in [-0.15, -0.1) is 0 Å². The SMILES string of the molecule is CNC(=O)CN1CCN(C(=O)[C@@H]2CC(C(C)C)=NO2)CC1. The molecule has 0 radical (unpaired) electrons. The van der Waals surface area contributed by atoms with E-state index in [1.807, 2.05) is 23.6 Å². The van der Waals surface area contributed by atoms with Crippen molar-refractivity contribution in [1.82, 2.24) is 15.1 Å². The predicted octanol–water partition coefficient (Wildman–Crippen LogP) is -0.322. The van der Waals surface area contributed by atoms with Crippen LogP contribution in [0.4, 0.5) is 0 Å². The summed E-state index contributed by atoms with van der Waals surface area (Å²) in [6, 6.07) is 0. The van der Waals surface area contributed by atoms with E-state index in [1.54, 1.807) is 7.05 Å². The Hall–Kier alpha value is -1.63. The third kappa shape index (κ3) is 3.93. The van der Waals surface area contributed by atoms with Gasteiger partial charge in [0.2, 0.25) is 12.0 Å². The first-order valence-corrected chi connectivity index (χ1v) is 7.45. The van der Waals surface area contributed by atoms with Crippen molar-refractivity contribution >= 4 is 17.5 Å². The quantitative estimate of drug-likeness (QED) is 0.771. The lowest BCUT2D eigenvalue weighted by Gasteiger charge is -2.34. The number of likely N-dealkylation sites (N-methyl/N-ethyl adjacent to an activating group) is 1. The second-order valence-corrected chi connectivity index (χ2v) is 5.81. The lowest BCUT2D eigenvalue weighted by molar-refractivity contribution is -0.144. The van der Waals surface area contributed by atoms with Crippen LogP contribution in [0.15, 0.2) is 5.16 Å². The summed E-state index contributed by atoms with van der Waals surface area (Å²) in [6.07, 6.45) is 0.127. The molecule has 2 aliphatic heterocycles. The van der Waals surface area contributed by atoms with E-state index in [0.717, 1.165) is 5.71 Å². The van der Waals surface area contributed by atoms with Crippen molar-refractivity contribution in [1.29, 1.82) is 0 Å². The molecule has 21 heavy (non-hydrogen) atoms. The summed E-state index contributed by atoms with van der Waals surface area (Å²) >= 11 is 0. The summed E-state index contributed by atoms with van der Waals surface area (Å²) in [5.41, 5.74) is 0.951. The first-order valence-electron chi connectivity index (χ1n) is 7.45. The van der Waals surface area contributed by atoms with Gasteiger partial charge in [0.1, 0.15) is 0 Å². The van der Waals surface area contributed by atoms with Gasteiger partial charge in [0.15, 0.2) is 0 Å². The van der Waals surface area contributed by atoms with Crippen LogP contribution in [0.2, 0.25) is 0 Å². The van der Waals surface area contributed by atoms with E-state index in [1.165, 1.54) is 0 Å². The zero-order valence-corrected chi connectivity index (χ0v) is 13.0. The Morgan fingerprint density at radius 3 is 2.52 bits per heavy atom. The van der Waals surface area contributed by atoms with Gasteiger partial charge >= 0.3 is 0 Å². The molecule has 2 rings (SSSR count). The molecule has 0 bridgehead atoms. The normalized spacial score (nSPS) is 23.0. The second kappa shape index (κ2) is 6.89. The molecule has 0 aliphatic carbocycles. The maximum absolute atomic E-state index is 12.4. The average Bonchev–Trinajstić information content (AvgIpc) is 2.97.